The van der Waals surface area contributed by atoms with Crippen LogP contribution in [0.3, 0.4) is 0 Å². The molecule has 0 fully saturated rings. The number of carbonyl (C=O) groups excluding carboxylic acids is 1. The number of amides is 1. The summed E-state index contributed by atoms with van der Waals surface area (Å²) in [6.07, 6.45) is 0. The van der Waals surface area contributed by atoms with Crippen LogP contribution in [0.15, 0.2) is 18.2 Å². The Morgan fingerprint density at radius 1 is 1.60 bits per heavy atom. The molecule has 1 amide bonds. The lowest BCUT2D eigenvalue weighted by Crippen LogP contribution is -2.50. The molecule has 1 unspecified atom stereocenters. The molecule has 1 aromatic rings. The molecule has 1 aliphatic rings. The van der Waals surface area contributed by atoms with Crippen molar-refractivity contribution in [1.82, 2.24) is 0 Å². The van der Waals surface area contributed by atoms with E-state index < -0.39 is 6.04 Å². The van der Waals surface area contributed by atoms with Crippen LogP contribution in [0.2, 0.25) is 0 Å². The van der Waals surface area contributed by atoms with E-state index in [0.717, 1.165) is 0 Å². The predicted octanol–water partition coefficient (Wildman–Crippen LogP) is 0.541. The zero-order chi connectivity index (χ0) is 11.0. The van der Waals surface area contributed by atoms with Gasteiger partial charge < -0.3 is 16.0 Å². The Labute approximate surface area is 86.9 Å². The first-order valence-corrected chi connectivity index (χ1v) is 4.67. The van der Waals surface area contributed by atoms with Gasteiger partial charge in [0.1, 0.15) is 11.9 Å². The van der Waals surface area contributed by atoms with Gasteiger partial charge in [-0.2, -0.15) is 0 Å². The maximum absolute atomic E-state index is 13.0. The van der Waals surface area contributed by atoms with E-state index in [1.54, 1.807) is 18.0 Å². The highest BCUT2D eigenvalue weighted by Crippen LogP contribution is 2.31. The summed E-state index contributed by atoms with van der Waals surface area (Å²) < 4.78 is 13.0. The van der Waals surface area contributed by atoms with Gasteiger partial charge in [-0.3, -0.25) is 4.79 Å². The van der Waals surface area contributed by atoms with Crippen LogP contribution in [0, 0.1) is 5.82 Å². The van der Waals surface area contributed by atoms with Crippen LogP contribution in [-0.2, 0) is 4.79 Å². The van der Waals surface area contributed by atoms with Gasteiger partial charge in [0.15, 0.2) is 0 Å². The molecule has 1 heterocycles. The van der Waals surface area contributed by atoms with Crippen LogP contribution in [0.25, 0.3) is 0 Å². The molecule has 0 radical (unpaired) electrons. The maximum Gasteiger partial charge on any atom is 0.248 e. The number of hydrogen-bond acceptors (Lipinski definition) is 3. The number of rotatable bonds is 1. The molecule has 1 aromatic carbocycles. The summed E-state index contributed by atoms with van der Waals surface area (Å²) in [5, 5.41) is 2.69. The second kappa shape index (κ2) is 3.51. The van der Waals surface area contributed by atoms with Crippen LogP contribution in [0.5, 0.6) is 0 Å². The van der Waals surface area contributed by atoms with Crippen LogP contribution in [0.4, 0.5) is 15.8 Å². The van der Waals surface area contributed by atoms with Crippen molar-refractivity contribution in [3.8, 4) is 0 Å². The zero-order valence-electron chi connectivity index (χ0n) is 8.33. The summed E-state index contributed by atoms with van der Waals surface area (Å²) >= 11 is 0. The Bertz CT molecular complexity index is 408. The molecule has 80 valence electrons. The molecule has 4 nitrogen and oxygen atoms in total. The Morgan fingerprint density at radius 2 is 2.33 bits per heavy atom. The van der Waals surface area contributed by atoms with Gasteiger partial charge in [-0.1, -0.05) is 0 Å². The average molecular weight is 209 g/mol. The van der Waals surface area contributed by atoms with Crippen molar-refractivity contribution in [3.05, 3.63) is 24.0 Å². The Kier molecular flexibility index (Phi) is 2.32. The SMILES string of the molecule is CN1c2cc(F)ccc2NC(=O)C1CN. The summed E-state index contributed by atoms with van der Waals surface area (Å²) in [6.45, 7) is 0.207. The second-order valence-electron chi connectivity index (χ2n) is 3.51. The molecular formula is C10H12FN3O. The maximum atomic E-state index is 13.0. The van der Waals surface area contributed by atoms with Crippen molar-refractivity contribution in [1.29, 1.82) is 0 Å². The molecule has 0 bridgehead atoms. The average Bonchev–Trinajstić information content (AvgIpc) is 2.20. The lowest BCUT2D eigenvalue weighted by atomic mass is 10.1. The molecule has 5 heteroatoms. The van der Waals surface area contributed by atoms with Gasteiger partial charge >= 0.3 is 0 Å². The van der Waals surface area contributed by atoms with Crippen LogP contribution in [-0.4, -0.2) is 25.5 Å². The lowest BCUT2D eigenvalue weighted by Gasteiger charge is -2.34. The highest BCUT2D eigenvalue weighted by atomic mass is 19.1. The first kappa shape index (κ1) is 9.92. The van der Waals surface area contributed by atoms with Gasteiger partial charge in [0.2, 0.25) is 5.91 Å². The van der Waals surface area contributed by atoms with Gasteiger partial charge in [-0.15, -0.1) is 0 Å². The fourth-order valence-corrected chi connectivity index (χ4v) is 1.73. The third-order valence-corrected chi connectivity index (χ3v) is 2.59. The molecule has 2 rings (SSSR count). The molecule has 1 atom stereocenters. The minimum atomic E-state index is -0.431. The molecule has 15 heavy (non-hydrogen) atoms. The van der Waals surface area contributed by atoms with Crippen molar-refractivity contribution < 1.29 is 9.18 Å². The number of anilines is 2. The van der Waals surface area contributed by atoms with E-state index in [1.807, 2.05) is 0 Å². The first-order valence-electron chi connectivity index (χ1n) is 4.67. The minimum absolute atomic E-state index is 0.154. The summed E-state index contributed by atoms with van der Waals surface area (Å²) in [5.74, 6) is -0.480. The van der Waals surface area contributed by atoms with Gasteiger partial charge in [0, 0.05) is 13.6 Å². The van der Waals surface area contributed by atoms with Gasteiger partial charge in [-0.25, -0.2) is 4.39 Å². The number of hydrogen-bond donors (Lipinski definition) is 2. The fourth-order valence-electron chi connectivity index (χ4n) is 1.73. The van der Waals surface area contributed by atoms with Crippen molar-refractivity contribution >= 4 is 17.3 Å². The first-order chi connectivity index (χ1) is 7.13. The molecule has 3 N–H and O–H groups in total. The predicted molar refractivity (Wildman–Crippen MR) is 56.3 cm³/mol. The van der Waals surface area contributed by atoms with E-state index in [2.05, 4.69) is 5.32 Å². The molecule has 0 saturated carbocycles. The number of benzene rings is 1. The molecule has 0 aromatic heterocycles. The Morgan fingerprint density at radius 3 is 3.00 bits per heavy atom. The normalized spacial score (nSPS) is 19.8. The minimum Gasteiger partial charge on any atom is -0.360 e. The van der Waals surface area contributed by atoms with E-state index >= 15 is 0 Å². The highest BCUT2D eigenvalue weighted by molar-refractivity contribution is 6.03. The molecule has 0 spiro atoms. The number of nitrogens with zero attached hydrogens (tertiary/aromatic N) is 1. The number of carbonyl (C=O) groups is 1. The number of nitrogens with two attached hydrogens (primary N) is 1. The monoisotopic (exact) mass is 209 g/mol. The van der Waals surface area contributed by atoms with Gasteiger partial charge in [0.25, 0.3) is 0 Å². The number of fused-ring (bicyclic) bond motifs is 1. The molecule has 0 saturated heterocycles. The van der Waals surface area contributed by atoms with E-state index in [-0.39, 0.29) is 18.3 Å². The quantitative estimate of drug-likeness (QED) is 0.709. The largest absolute Gasteiger partial charge is 0.360 e. The zero-order valence-corrected chi connectivity index (χ0v) is 8.33. The van der Waals surface area contributed by atoms with Crippen LogP contribution >= 0.6 is 0 Å². The van der Waals surface area contributed by atoms with Crippen LogP contribution < -0.4 is 16.0 Å². The summed E-state index contributed by atoms with van der Waals surface area (Å²) in [5.41, 5.74) is 6.76. The Hall–Kier alpha value is -1.62. The number of likely N-dealkylation sites (N-methyl/N-ethyl adjacent to an activating group) is 1. The fraction of sp³-hybridized carbons (Fsp3) is 0.300. The van der Waals surface area contributed by atoms with Gasteiger partial charge in [0.05, 0.1) is 11.4 Å². The van der Waals surface area contributed by atoms with Gasteiger partial charge in [-0.05, 0) is 18.2 Å². The number of halogens is 1. The van der Waals surface area contributed by atoms with Crippen molar-refractivity contribution in [3.63, 3.8) is 0 Å². The van der Waals surface area contributed by atoms with E-state index in [1.165, 1.54) is 12.1 Å². The standard InChI is InChI=1S/C10H12FN3O/c1-14-8-4-6(11)2-3-7(8)13-10(15)9(14)5-12/h2-4,9H,5,12H2,1H3,(H,13,15). The van der Waals surface area contributed by atoms with Crippen molar-refractivity contribution in [2.45, 2.75) is 6.04 Å². The topological polar surface area (TPSA) is 58.4 Å². The summed E-state index contributed by atoms with van der Waals surface area (Å²) in [7, 11) is 1.73. The highest BCUT2D eigenvalue weighted by Gasteiger charge is 2.29. The smallest absolute Gasteiger partial charge is 0.248 e. The third kappa shape index (κ3) is 1.55. The molecule has 0 aliphatic carbocycles. The Balaban J connectivity index is 2.46. The van der Waals surface area contributed by atoms with E-state index in [0.29, 0.717) is 11.4 Å². The van der Waals surface area contributed by atoms with E-state index in [4.69, 9.17) is 5.73 Å². The second-order valence-corrected chi connectivity index (χ2v) is 3.51. The summed E-state index contributed by atoms with van der Waals surface area (Å²) in [6, 6.07) is 3.82. The summed E-state index contributed by atoms with van der Waals surface area (Å²) in [4.78, 5) is 13.2. The van der Waals surface area contributed by atoms with Crippen LogP contribution in [0.1, 0.15) is 0 Å². The third-order valence-electron chi connectivity index (χ3n) is 2.59. The lowest BCUT2D eigenvalue weighted by molar-refractivity contribution is -0.117. The van der Waals surface area contributed by atoms with E-state index in [9.17, 15) is 9.18 Å². The van der Waals surface area contributed by atoms with Crippen molar-refractivity contribution in [2.75, 3.05) is 23.8 Å². The van der Waals surface area contributed by atoms with Crippen molar-refractivity contribution in [2.24, 2.45) is 5.73 Å². The molecule has 1 aliphatic heterocycles. The number of nitrogens with one attached hydrogen (secondary N) is 1. The molecular weight excluding hydrogens is 197 g/mol.